The van der Waals surface area contributed by atoms with Gasteiger partial charge in [0.2, 0.25) is 17.1 Å². The lowest BCUT2D eigenvalue weighted by molar-refractivity contribution is 0.847. The Kier molecular flexibility index (Phi) is 5.48. The first-order valence-corrected chi connectivity index (χ1v) is 10.2. The summed E-state index contributed by atoms with van der Waals surface area (Å²) in [5, 5.41) is 12.1. The largest absolute Gasteiger partial charge is 0.368 e. The topological polar surface area (TPSA) is 133 Å². The Morgan fingerprint density at radius 2 is 1.57 bits per heavy atom. The van der Waals surface area contributed by atoms with Gasteiger partial charge in [-0.3, -0.25) is 0 Å². The minimum Gasteiger partial charge on any atom is -0.368 e. The highest BCUT2D eigenvalue weighted by Gasteiger charge is 2.14. The van der Waals surface area contributed by atoms with Crippen molar-refractivity contribution in [3.63, 3.8) is 0 Å². The average molecular weight is 420 g/mol. The van der Waals surface area contributed by atoms with Gasteiger partial charge in [0.1, 0.15) is 5.82 Å². The number of anilines is 3. The van der Waals surface area contributed by atoms with Crippen molar-refractivity contribution < 1.29 is 0 Å². The van der Waals surface area contributed by atoms with Crippen molar-refractivity contribution >= 4 is 29.3 Å². The fourth-order valence-corrected chi connectivity index (χ4v) is 3.44. The summed E-state index contributed by atoms with van der Waals surface area (Å²) in [6.07, 6.45) is 0. The lowest BCUT2D eigenvalue weighted by atomic mass is 10.1. The number of rotatable bonds is 6. The first-order valence-electron chi connectivity index (χ1n) is 9.22. The molecule has 9 nitrogen and oxygen atoms in total. The van der Waals surface area contributed by atoms with Gasteiger partial charge in [-0.15, -0.1) is 10.2 Å². The molecule has 0 unspecified atom stereocenters. The third kappa shape index (κ3) is 4.49. The van der Waals surface area contributed by atoms with Crippen molar-refractivity contribution in [2.24, 2.45) is 0 Å². The number of aryl methyl sites for hydroxylation is 2. The summed E-state index contributed by atoms with van der Waals surface area (Å²) in [5.41, 5.74) is 9.96. The Morgan fingerprint density at radius 3 is 2.27 bits per heavy atom. The van der Waals surface area contributed by atoms with E-state index >= 15 is 0 Å². The van der Waals surface area contributed by atoms with Gasteiger partial charge in [-0.05, 0) is 26.0 Å². The molecule has 4 aromatic rings. The van der Waals surface area contributed by atoms with Crippen LogP contribution >= 0.6 is 11.8 Å². The summed E-state index contributed by atoms with van der Waals surface area (Å²) < 4.78 is 1.46. The molecule has 10 heteroatoms. The standard InChI is InChI=1S/C20H21N9S/c1-12-3-7-14(8-4-12)17-27-28-20(29(17)22)30-11-16-24-18(21)26-19(25-16)23-15-9-5-13(2)6-10-15/h3-10H,11,22H2,1-2H3,(H3,21,23,24,25,26). The lowest BCUT2D eigenvalue weighted by Gasteiger charge is -2.08. The van der Waals surface area contributed by atoms with Crippen LogP contribution in [0.3, 0.4) is 0 Å². The number of thioether (sulfide) groups is 1. The third-order valence-corrected chi connectivity index (χ3v) is 5.25. The number of nitrogens with zero attached hydrogens (tertiary/aromatic N) is 6. The SMILES string of the molecule is Cc1ccc(Nc2nc(N)nc(CSc3nnc(-c4ccc(C)cc4)n3N)n2)cc1. The molecule has 0 aliphatic rings. The first-order chi connectivity index (χ1) is 14.5. The summed E-state index contributed by atoms with van der Waals surface area (Å²) in [7, 11) is 0. The Bertz CT molecular complexity index is 1150. The van der Waals surface area contributed by atoms with Gasteiger partial charge in [0.15, 0.2) is 5.82 Å². The number of nitrogen functional groups attached to an aromatic ring is 2. The van der Waals surface area contributed by atoms with Crippen LogP contribution in [0, 0.1) is 13.8 Å². The van der Waals surface area contributed by atoms with E-state index in [1.807, 2.05) is 62.4 Å². The Hall–Kier alpha value is -3.66. The Morgan fingerprint density at radius 1 is 0.900 bits per heavy atom. The average Bonchev–Trinajstić information content (AvgIpc) is 3.09. The van der Waals surface area contributed by atoms with Crippen LogP contribution < -0.4 is 16.9 Å². The van der Waals surface area contributed by atoms with E-state index in [-0.39, 0.29) is 5.95 Å². The molecular weight excluding hydrogens is 398 g/mol. The second-order valence-electron chi connectivity index (χ2n) is 6.76. The second kappa shape index (κ2) is 8.37. The lowest BCUT2D eigenvalue weighted by Crippen LogP contribution is -2.12. The van der Waals surface area contributed by atoms with Crippen LogP contribution in [0.1, 0.15) is 17.0 Å². The monoisotopic (exact) mass is 419 g/mol. The molecule has 0 saturated heterocycles. The first kappa shape index (κ1) is 19.6. The van der Waals surface area contributed by atoms with Crippen molar-refractivity contribution in [3.05, 3.63) is 65.5 Å². The predicted molar refractivity (Wildman–Crippen MR) is 119 cm³/mol. The maximum atomic E-state index is 6.19. The van der Waals surface area contributed by atoms with Crippen LogP contribution in [-0.2, 0) is 5.75 Å². The molecular formula is C20H21N9S. The number of hydrogen-bond donors (Lipinski definition) is 3. The predicted octanol–water partition coefficient (Wildman–Crippen LogP) is 3.08. The Balaban J connectivity index is 1.48. The molecule has 0 radical (unpaired) electrons. The summed E-state index contributed by atoms with van der Waals surface area (Å²) >= 11 is 1.37. The molecule has 2 aromatic carbocycles. The van der Waals surface area contributed by atoms with Crippen LogP contribution in [0.15, 0.2) is 53.7 Å². The summed E-state index contributed by atoms with van der Waals surface area (Å²) in [6.45, 7) is 4.06. The zero-order chi connectivity index (χ0) is 21.1. The van der Waals surface area contributed by atoms with E-state index in [4.69, 9.17) is 11.6 Å². The van der Waals surface area contributed by atoms with E-state index in [1.165, 1.54) is 27.6 Å². The normalized spacial score (nSPS) is 10.9. The van der Waals surface area contributed by atoms with Crippen LogP contribution in [0.25, 0.3) is 11.4 Å². The number of hydrogen-bond acceptors (Lipinski definition) is 9. The zero-order valence-electron chi connectivity index (χ0n) is 16.6. The summed E-state index contributed by atoms with van der Waals surface area (Å²) in [5.74, 6) is 8.24. The molecule has 0 atom stereocenters. The van der Waals surface area contributed by atoms with Gasteiger partial charge in [-0.1, -0.05) is 59.3 Å². The van der Waals surface area contributed by atoms with E-state index in [0.717, 1.165) is 11.3 Å². The highest BCUT2D eigenvalue weighted by molar-refractivity contribution is 7.98. The molecule has 5 N–H and O–H groups in total. The number of benzene rings is 2. The van der Waals surface area contributed by atoms with Crippen LogP contribution in [-0.4, -0.2) is 29.8 Å². The summed E-state index contributed by atoms with van der Waals surface area (Å²) in [4.78, 5) is 12.8. The van der Waals surface area contributed by atoms with Crippen molar-refractivity contribution in [1.82, 2.24) is 29.8 Å². The van der Waals surface area contributed by atoms with E-state index in [9.17, 15) is 0 Å². The highest BCUT2D eigenvalue weighted by atomic mass is 32.2. The molecule has 0 saturated carbocycles. The van der Waals surface area contributed by atoms with Crippen molar-refractivity contribution in [3.8, 4) is 11.4 Å². The van der Waals surface area contributed by atoms with Gasteiger partial charge in [0.25, 0.3) is 0 Å². The van der Waals surface area contributed by atoms with Gasteiger partial charge in [0.05, 0.1) is 5.75 Å². The van der Waals surface area contributed by atoms with E-state index in [2.05, 4.69) is 30.5 Å². The molecule has 30 heavy (non-hydrogen) atoms. The Labute approximate surface area is 178 Å². The highest BCUT2D eigenvalue weighted by Crippen LogP contribution is 2.24. The van der Waals surface area contributed by atoms with Crippen molar-refractivity contribution in [1.29, 1.82) is 0 Å². The van der Waals surface area contributed by atoms with Gasteiger partial charge in [-0.2, -0.15) is 15.0 Å². The van der Waals surface area contributed by atoms with Gasteiger partial charge in [0, 0.05) is 11.3 Å². The van der Waals surface area contributed by atoms with E-state index in [1.54, 1.807) is 0 Å². The molecule has 0 aliphatic carbocycles. The minimum absolute atomic E-state index is 0.143. The van der Waals surface area contributed by atoms with Crippen LogP contribution in [0.2, 0.25) is 0 Å². The maximum Gasteiger partial charge on any atom is 0.232 e. The quantitative estimate of drug-likeness (QED) is 0.318. The number of aromatic nitrogens is 6. The van der Waals surface area contributed by atoms with Gasteiger partial charge < -0.3 is 16.9 Å². The molecule has 152 valence electrons. The van der Waals surface area contributed by atoms with E-state index in [0.29, 0.717) is 28.5 Å². The molecule has 0 amide bonds. The van der Waals surface area contributed by atoms with Gasteiger partial charge in [-0.25, -0.2) is 4.68 Å². The second-order valence-corrected chi connectivity index (χ2v) is 7.70. The molecule has 4 rings (SSSR count). The van der Waals surface area contributed by atoms with Crippen molar-refractivity contribution in [2.45, 2.75) is 24.8 Å². The smallest absolute Gasteiger partial charge is 0.232 e. The molecule has 2 aromatic heterocycles. The minimum atomic E-state index is 0.143. The molecule has 0 fully saturated rings. The van der Waals surface area contributed by atoms with Crippen molar-refractivity contribution in [2.75, 3.05) is 16.9 Å². The van der Waals surface area contributed by atoms with Crippen LogP contribution in [0.5, 0.6) is 0 Å². The molecule has 0 aliphatic heterocycles. The summed E-state index contributed by atoms with van der Waals surface area (Å²) in [6, 6.07) is 15.9. The molecule has 0 spiro atoms. The third-order valence-electron chi connectivity index (χ3n) is 4.31. The number of nitrogens with one attached hydrogen (secondary N) is 1. The molecule has 0 bridgehead atoms. The van der Waals surface area contributed by atoms with Gasteiger partial charge >= 0.3 is 0 Å². The van der Waals surface area contributed by atoms with Crippen LogP contribution in [0.4, 0.5) is 17.6 Å². The number of nitrogens with two attached hydrogens (primary N) is 2. The zero-order valence-corrected chi connectivity index (χ0v) is 17.4. The maximum absolute atomic E-state index is 6.19. The van der Waals surface area contributed by atoms with E-state index < -0.39 is 0 Å². The fraction of sp³-hybridized carbons (Fsp3) is 0.150. The molecule has 2 heterocycles. The fourth-order valence-electron chi connectivity index (χ4n) is 2.73.